The van der Waals surface area contributed by atoms with Gasteiger partial charge in [0, 0.05) is 15.1 Å². The monoisotopic (exact) mass is 402 g/mol. The van der Waals surface area contributed by atoms with Crippen LogP contribution >= 0.6 is 27.7 Å². The largest absolute Gasteiger partial charge is 0.497 e. The van der Waals surface area contributed by atoms with Gasteiger partial charge in [-0.3, -0.25) is 4.79 Å². The topological polar surface area (TPSA) is 35.5 Å². The molecule has 0 aliphatic rings. The zero-order chi connectivity index (χ0) is 17.1. The predicted molar refractivity (Wildman–Crippen MR) is 100 cm³/mol. The quantitative estimate of drug-likeness (QED) is 0.351. The molecule has 1 aromatic rings. The summed E-state index contributed by atoms with van der Waals surface area (Å²) in [6, 6.07) is 5.91. The number of unbranched alkanes of at least 4 members (excludes halogenated alkanes) is 1. The highest BCUT2D eigenvalue weighted by Gasteiger charge is 2.10. The highest BCUT2D eigenvalue weighted by atomic mass is 79.9. The summed E-state index contributed by atoms with van der Waals surface area (Å²) in [4.78, 5) is 12.9. The van der Waals surface area contributed by atoms with E-state index < -0.39 is 0 Å². The van der Waals surface area contributed by atoms with Gasteiger partial charge in [0.1, 0.15) is 5.75 Å². The summed E-state index contributed by atoms with van der Waals surface area (Å²) in [6.45, 7) is 4.91. The SMILES string of the molecule is CCCCC(CC)COC(=O)CCSc1cc(Br)cc(OC)c1. The lowest BCUT2D eigenvalue weighted by molar-refractivity contribution is -0.144. The van der Waals surface area contributed by atoms with Crippen molar-refractivity contribution >= 4 is 33.7 Å². The van der Waals surface area contributed by atoms with Gasteiger partial charge in [-0.1, -0.05) is 49.0 Å². The number of methoxy groups -OCH3 is 1. The maximum absolute atomic E-state index is 11.8. The molecular weight excluding hydrogens is 376 g/mol. The molecule has 0 aliphatic carbocycles. The Hall–Kier alpha value is -0.680. The lowest BCUT2D eigenvalue weighted by Crippen LogP contribution is -2.14. The molecule has 1 unspecified atom stereocenters. The average molecular weight is 403 g/mol. The van der Waals surface area contributed by atoms with Crippen molar-refractivity contribution in [3.63, 3.8) is 0 Å². The summed E-state index contributed by atoms with van der Waals surface area (Å²) >= 11 is 5.09. The highest BCUT2D eigenvalue weighted by Crippen LogP contribution is 2.28. The molecule has 0 radical (unpaired) electrons. The van der Waals surface area contributed by atoms with E-state index >= 15 is 0 Å². The lowest BCUT2D eigenvalue weighted by atomic mass is 10.0. The zero-order valence-corrected chi connectivity index (χ0v) is 16.7. The Morgan fingerprint density at radius 3 is 2.74 bits per heavy atom. The van der Waals surface area contributed by atoms with Crippen LogP contribution < -0.4 is 4.74 Å². The number of carbonyl (C=O) groups excluding carboxylic acids is 1. The minimum atomic E-state index is -0.102. The molecule has 0 fully saturated rings. The van der Waals surface area contributed by atoms with Gasteiger partial charge < -0.3 is 9.47 Å². The number of hydrogen-bond donors (Lipinski definition) is 0. The van der Waals surface area contributed by atoms with Crippen molar-refractivity contribution in [2.75, 3.05) is 19.5 Å². The Morgan fingerprint density at radius 2 is 2.09 bits per heavy atom. The Labute approximate surface area is 152 Å². The number of rotatable bonds is 11. The molecule has 0 N–H and O–H groups in total. The number of thioether (sulfide) groups is 1. The molecule has 0 saturated carbocycles. The fourth-order valence-electron chi connectivity index (χ4n) is 2.17. The molecule has 130 valence electrons. The maximum atomic E-state index is 11.8. The Morgan fingerprint density at radius 1 is 1.30 bits per heavy atom. The first-order valence-corrected chi connectivity index (χ1v) is 9.99. The summed E-state index contributed by atoms with van der Waals surface area (Å²) in [6.07, 6.45) is 5.05. The molecule has 1 atom stereocenters. The fourth-order valence-corrected chi connectivity index (χ4v) is 3.71. The van der Waals surface area contributed by atoms with E-state index in [9.17, 15) is 4.79 Å². The number of carbonyl (C=O) groups is 1. The Balaban J connectivity index is 2.29. The summed E-state index contributed by atoms with van der Waals surface area (Å²) in [5.74, 6) is 1.92. The van der Waals surface area contributed by atoms with Gasteiger partial charge in [-0.25, -0.2) is 0 Å². The molecule has 0 saturated heterocycles. The van der Waals surface area contributed by atoms with Crippen molar-refractivity contribution in [3.05, 3.63) is 22.7 Å². The summed E-state index contributed by atoms with van der Waals surface area (Å²) < 4.78 is 11.6. The van der Waals surface area contributed by atoms with Crippen LogP contribution in [0.1, 0.15) is 46.0 Å². The average Bonchev–Trinajstić information content (AvgIpc) is 2.54. The molecule has 0 amide bonds. The first kappa shape index (κ1) is 20.4. The van der Waals surface area contributed by atoms with E-state index in [-0.39, 0.29) is 5.97 Å². The van der Waals surface area contributed by atoms with Crippen LogP contribution in [0.2, 0.25) is 0 Å². The summed E-state index contributed by atoms with van der Waals surface area (Å²) in [5.41, 5.74) is 0. The van der Waals surface area contributed by atoms with Gasteiger partial charge in [-0.15, -0.1) is 11.8 Å². The van der Waals surface area contributed by atoms with Crippen molar-refractivity contribution in [2.45, 2.75) is 50.8 Å². The van der Waals surface area contributed by atoms with Gasteiger partial charge >= 0.3 is 5.97 Å². The molecule has 23 heavy (non-hydrogen) atoms. The Bertz CT molecular complexity index is 479. The van der Waals surface area contributed by atoms with E-state index in [2.05, 4.69) is 29.8 Å². The van der Waals surface area contributed by atoms with Crippen LogP contribution in [-0.2, 0) is 9.53 Å². The van der Waals surface area contributed by atoms with E-state index in [0.29, 0.717) is 24.7 Å². The molecule has 0 heterocycles. The van der Waals surface area contributed by atoms with Gasteiger partial charge in [0.25, 0.3) is 0 Å². The van der Waals surface area contributed by atoms with Gasteiger partial charge in [0.15, 0.2) is 0 Å². The van der Waals surface area contributed by atoms with Crippen molar-refractivity contribution in [1.82, 2.24) is 0 Å². The van der Waals surface area contributed by atoms with E-state index in [4.69, 9.17) is 9.47 Å². The normalized spacial score (nSPS) is 12.0. The minimum absolute atomic E-state index is 0.102. The van der Waals surface area contributed by atoms with Gasteiger partial charge in [0.05, 0.1) is 20.1 Å². The second kappa shape index (κ2) is 11.8. The van der Waals surface area contributed by atoms with Crippen LogP contribution in [0.25, 0.3) is 0 Å². The number of ether oxygens (including phenoxy) is 2. The second-order valence-corrected chi connectivity index (χ2v) is 7.61. The highest BCUT2D eigenvalue weighted by molar-refractivity contribution is 9.10. The number of esters is 1. The number of benzene rings is 1. The van der Waals surface area contributed by atoms with Crippen LogP contribution in [0.4, 0.5) is 0 Å². The molecular formula is C18H27BrO3S. The third kappa shape index (κ3) is 8.66. The zero-order valence-electron chi connectivity index (χ0n) is 14.3. The molecule has 0 aliphatic heterocycles. The standard InChI is InChI=1S/C18H27BrO3S/c1-4-6-7-14(5-2)13-22-18(20)8-9-23-17-11-15(19)10-16(12-17)21-3/h10-12,14H,4-9,13H2,1-3H3. The first-order valence-electron chi connectivity index (χ1n) is 8.22. The number of halogens is 1. The van der Waals surface area contributed by atoms with Crippen LogP contribution in [0.15, 0.2) is 27.6 Å². The van der Waals surface area contributed by atoms with E-state index in [1.165, 1.54) is 12.8 Å². The molecule has 3 nitrogen and oxygen atoms in total. The van der Waals surface area contributed by atoms with Crippen LogP contribution in [0.5, 0.6) is 5.75 Å². The summed E-state index contributed by atoms with van der Waals surface area (Å²) in [7, 11) is 1.65. The third-order valence-corrected chi connectivity index (χ3v) is 5.11. The second-order valence-electron chi connectivity index (χ2n) is 5.52. The van der Waals surface area contributed by atoms with Crippen molar-refractivity contribution < 1.29 is 14.3 Å². The lowest BCUT2D eigenvalue weighted by Gasteiger charge is -2.14. The van der Waals surface area contributed by atoms with Crippen molar-refractivity contribution in [3.8, 4) is 5.75 Å². The minimum Gasteiger partial charge on any atom is -0.497 e. The molecule has 1 rings (SSSR count). The maximum Gasteiger partial charge on any atom is 0.306 e. The third-order valence-electron chi connectivity index (χ3n) is 3.68. The van der Waals surface area contributed by atoms with Crippen LogP contribution in [0.3, 0.4) is 0 Å². The molecule has 0 spiro atoms. The Kier molecular flexibility index (Phi) is 10.4. The van der Waals surface area contributed by atoms with Gasteiger partial charge in [-0.2, -0.15) is 0 Å². The van der Waals surface area contributed by atoms with E-state index in [1.807, 2.05) is 18.2 Å². The van der Waals surface area contributed by atoms with Crippen molar-refractivity contribution in [1.29, 1.82) is 0 Å². The summed E-state index contributed by atoms with van der Waals surface area (Å²) in [5, 5.41) is 0. The van der Waals surface area contributed by atoms with E-state index in [0.717, 1.165) is 28.0 Å². The van der Waals surface area contributed by atoms with Crippen LogP contribution in [-0.4, -0.2) is 25.4 Å². The van der Waals surface area contributed by atoms with Crippen molar-refractivity contribution in [2.24, 2.45) is 5.92 Å². The predicted octanol–water partition coefficient (Wildman–Crippen LogP) is 5.70. The molecule has 1 aromatic carbocycles. The fraction of sp³-hybridized carbons (Fsp3) is 0.611. The number of hydrogen-bond acceptors (Lipinski definition) is 4. The molecule has 0 aromatic heterocycles. The van der Waals surface area contributed by atoms with Gasteiger partial charge in [0.2, 0.25) is 0 Å². The smallest absolute Gasteiger partial charge is 0.306 e. The first-order chi connectivity index (χ1) is 11.1. The van der Waals surface area contributed by atoms with Gasteiger partial charge in [-0.05, 0) is 30.5 Å². The molecule has 0 bridgehead atoms. The molecule has 5 heteroatoms. The van der Waals surface area contributed by atoms with E-state index in [1.54, 1.807) is 18.9 Å². The van der Waals surface area contributed by atoms with Crippen LogP contribution in [0, 0.1) is 5.92 Å².